The summed E-state index contributed by atoms with van der Waals surface area (Å²) in [6.45, 7) is 0.915. The van der Waals surface area contributed by atoms with E-state index in [4.69, 9.17) is 0 Å². The molecule has 1 aromatic heterocycles. The van der Waals surface area contributed by atoms with Gasteiger partial charge in [-0.2, -0.15) is 0 Å². The number of aromatic amines is 1. The van der Waals surface area contributed by atoms with Gasteiger partial charge >= 0.3 is 6.03 Å². The van der Waals surface area contributed by atoms with Gasteiger partial charge in [0, 0.05) is 19.5 Å². The van der Waals surface area contributed by atoms with Crippen molar-refractivity contribution in [2.45, 2.75) is 25.1 Å². The minimum absolute atomic E-state index is 0.0665. The molecular weight excluding hydrogens is 390 g/mol. The van der Waals surface area contributed by atoms with Gasteiger partial charge in [0.15, 0.2) is 0 Å². The van der Waals surface area contributed by atoms with E-state index in [0.29, 0.717) is 18.7 Å². The highest BCUT2D eigenvalue weighted by Gasteiger charge is 2.08. The second-order valence-electron chi connectivity index (χ2n) is 6.69. The molecule has 154 valence electrons. The van der Waals surface area contributed by atoms with Crippen LogP contribution in [0.5, 0.6) is 0 Å². The van der Waals surface area contributed by atoms with Crippen molar-refractivity contribution in [3.8, 4) is 0 Å². The molecule has 3 aromatic rings. The molecule has 2 aromatic carbocycles. The number of rotatable bonds is 9. The van der Waals surface area contributed by atoms with Gasteiger partial charge in [-0.25, -0.2) is 22.9 Å². The molecule has 4 N–H and O–H groups in total. The maximum absolute atomic E-state index is 11.9. The standard InChI is InChI=1S/C20H25N5O3S/c1-21-29(27,28)14-16-10-8-15(9-11-16)13-23-20(26)22-12-4-7-19-24-17-5-2-3-6-18(17)25-19/h2-3,5-6,8-11,21H,4,7,12-14H2,1H3,(H,24,25)(H2,22,23,26). The first kappa shape index (κ1) is 20.8. The van der Waals surface area contributed by atoms with Crippen LogP contribution in [-0.2, 0) is 28.7 Å². The third-order valence-electron chi connectivity index (χ3n) is 4.46. The lowest BCUT2D eigenvalue weighted by Gasteiger charge is -2.08. The number of hydrogen-bond donors (Lipinski definition) is 4. The van der Waals surface area contributed by atoms with Gasteiger partial charge in [-0.05, 0) is 36.7 Å². The zero-order chi connectivity index (χ0) is 20.7. The summed E-state index contributed by atoms with van der Waals surface area (Å²) in [5, 5.41) is 5.62. The molecule has 9 heteroatoms. The molecule has 0 aliphatic carbocycles. The Morgan fingerprint density at radius 3 is 2.48 bits per heavy atom. The highest BCUT2D eigenvalue weighted by Crippen LogP contribution is 2.11. The Hall–Kier alpha value is -2.91. The van der Waals surface area contributed by atoms with Gasteiger partial charge in [0.25, 0.3) is 0 Å². The second-order valence-corrected chi connectivity index (χ2v) is 8.62. The number of H-pyrrole nitrogens is 1. The van der Waals surface area contributed by atoms with Crippen LogP contribution >= 0.6 is 0 Å². The Morgan fingerprint density at radius 1 is 1.03 bits per heavy atom. The molecule has 0 bridgehead atoms. The van der Waals surface area contributed by atoms with Crippen molar-refractivity contribution in [2.24, 2.45) is 0 Å². The molecular formula is C20H25N5O3S. The fourth-order valence-electron chi connectivity index (χ4n) is 2.87. The Kier molecular flexibility index (Phi) is 6.84. The zero-order valence-corrected chi connectivity index (χ0v) is 17.1. The smallest absolute Gasteiger partial charge is 0.315 e. The summed E-state index contributed by atoms with van der Waals surface area (Å²) in [5.41, 5.74) is 3.55. The maximum Gasteiger partial charge on any atom is 0.315 e. The molecule has 0 saturated heterocycles. The number of para-hydroxylation sites is 2. The van der Waals surface area contributed by atoms with Crippen LogP contribution in [0.25, 0.3) is 11.0 Å². The number of nitrogens with one attached hydrogen (secondary N) is 4. The number of hydrogen-bond acceptors (Lipinski definition) is 4. The van der Waals surface area contributed by atoms with E-state index in [9.17, 15) is 13.2 Å². The first-order valence-corrected chi connectivity index (χ1v) is 11.0. The SMILES string of the molecule is CNS(=O)(=O)Cc1ccc(CNC(=O)NCCCc2nc3ccccc3[nH]2)cc1. The lowest BCUT2D eigenvalue weighted by atomic mass is 10.1. The van der Waals surface area contributed by atoms with Crippen molar-refractivity contribution >= 4 is 27.1 Å². The van der Waals surface area contributed by atoms with Crippen LogP contribution in [0.2, 0.25) is 0 Å². The summed E-state index contributed by atoms with van der Waals surface area (Å²) in [7, 11) is -1.90. The number of benzene rings is 2. The number of aryl methyl sites for hydroxylation is 1. The zero-order valence-electron chi connectivity index (χ0n) is 16.2. The molecule has 2 amide bonds. The van der Waals surface area contributed by atoms with Crippen LogP contribution in [0, 0.1) is 0 Å². The molecule has 1 heterocycles. The Bertz CT molecular complexity index is 1030. The minimum Gasteiger partial charge on any atom is -0.342 e. The van der Waals surface area contributed by atoms with Gasteiger partial charge in [0.05, 0.1) is 16.8 Å². The minimum atomic E-state index is -3.29. The Labute approximate surface area is 170 Å². The molecule has 0 unspecified atom stereocenters. The third kappa shape index (κ3) is 6.30. The lowest BCUT2D eigenvalue weighted by molar-refractivity contribution is 0.240. The molecule has 0 fully saturated rings. The average molecular weight is 416 g/mol. The fourth-order valence-corrected chi connectivity index (χ4v) is 3.65. The van der Waals surface area contributed by atoms with Gasteiger partial charge in [0.2, 0.25) is 10.0 Å². The van der Waals surface area contributed by atoms with Crippen molar-refractivity contribution in [3.63, 3.8) is 0 Å². The van der Waals surface area contributed by atoms with E-state index in [1.807, 2.05) is 36.4 Å². The van der Waals surface area contributed by atoms with Crippen LogP contribution < -0.4 is 15.4 Å². The summed E-state index contributed by atoms with van der Waals surface area (Å²) < 4.78 is 25.4. The van der Waals surface area contributed by atoms with Crippen LogP contribution in [0.15, 0.2) is 48.5 Å². The van der Waals surface area contributed by atoms with Gasteiger partial charge < -0.3 is 15.6 Å². The van der Waals surface area contributed by atoms with E-state index in [1.54, 1.807) is 12.1 Å². The first-order chi connectivity index (χ1) is 13.9. The fraction of sp³-hybridized carbons (Fsp3) is 0.300. The molecule has 0 spiro atoms. The highest BCUT2D eigenvalue weighted by atomic mass is 32.2. The van der Waals surface area contributed by atoms with E-state index >= 15 is 0 Å². The van der Waals surface area contributed by atoms with E-state index in [-0.39, 0.29) is 11.8 Å². The predicted octanol–water partition coefficient (Wildman–Crippen LogP) is 2.04. The van der Waals surface area contributed by atoms with Crippen LogP contribution in [0.1, 0.15) is 23.4 Å². The number of carbonyl (C=O) groups excluding carboxylic acids is 1. The van der Waals surface area contributed by atoms with E-state index in [0.717, 1.165) is 35.3 Å². The van der Waals surface area contributed by atoms with Gasteiger partial charge in [0.1, 0.15) is 5.82 Å². The molecule has 0 radical (unpaired) electrons. The number of carbonyl (C=O) groups is 1. The number of imidazole rings is 1. The maximum atomic E-state index is 11.9. The Morgan fingerprint density at radius 2 is 1.76 bits per heavy atom. The number of amides is 2. The molecule has 0 aliphatic heterocycles. The monoisotopic (exact) mass is 415 g/mol. The normalized spacial score (nSPS) is 11.5. The number of urea groups is 1. The molecule has 0 atom stereocenters. The van der Waals surface area contributed by atoms with Gasteiger partial charge in [-0.1, -0.05) is 36.4 Å². The summed E-state index contributed by atoms with van der Waals surface area (Å²) in [6.07, 6.45) is 1.54. The van der Waals surface area contributed by atoms with E-state index in [1.165, 1.54) is 7.05 Å². The van der Waals surface area contributed by atoms with Crippen molar-refractivity contribution < 1.29 is 13.2 Å². The summed E-state index contributed by atoms with van der Waals surface area (Å²) in [4.78, 5) is 19.7. The van der Waals surface area contributed by atoms with Crippen molar-refractivity contribution in [3.05, 3.63) is 65.5 Å². The third-order valence-corrected chi connectivity index (χ3v) is 5.79. The van der Waals surface area contributed by atoms with Gasteiger partial charge in [-0.3, -0.25) is 0 Å². The molecule has 29 heavy (non-hydrogen) atoms. The van der Waals surface area contributed by atoms with Crippen molar-refractivity contribution in [1.82, 2.24) is 25.3 Å². The van der Waals surface area contributed by atoms with E-state index in [2.05, 4.69) is 25.3 Å². The number of nitrogens with zero attached hydrogens (tertiary/aromatic N) is 1. The van der Waals surface area contributed by atoms with Gasteiger partial charge in [-0.15, -0.1) is 0 Å². The van der Waals surface area contributed by atoms with Crippen LogP contribution in [0.3, 0.4) is 0 Å². The number of aromatic nitrogens is 2. The molecule has 3 rings (SSSR count). The summed E-state index contributed by atoms with van der Waals surface area (Å²) >= 11 is 0. The Balaban J connectivity index is 1.36. The van der Waals surface area contributed by atoms with E-state index < -0.39 is 10.0 Å². The summed E-state index contributed by atoms with van der Waals surface area (Å²) in [6, 6.07) is 14.7. The predicted molar refractivity (Wildman–Crippen MR) is 113 cm³/mol. The lowest BCUT2D eigenvalue weighted by Crippen LogP contribution is -2.35. The highest BCUT2D eigenvalue weighted by molar-refractivity contribution is 7.88. The molecule has 0 saturated carbocycles. The average Bonchev–Trinajstić information content (AvgIpc) is 3.13. The molecule has 8 nitrogen and oxygen atoms in total. The number of sulfonamides is 1. The first-order valence-electron chi connectivity index (χ1n) is 9.39. The molecule has 0 aliphatic rings. The van der Waals surface area contributed by atoms with Crippen LogP contribution in [0.4, 0.5) is 4.79 Å². The summed E-state index contributed by atoms with van der Waals surface area (Å²) in [5.74, 6) is 0.844. The van der Waals surface area contributed by atoms with Crippen LogP contribution in [-0.4, -0.2) is 38.0 Å². The largest absolute Gasteiger partial charge is 0.342 e. The quantitative estimate of drug-likeness (QED) is 0.400. The van der Waals surface area contributed by atoms with Crippen molar-refractivity contribution in [1.29, 1.82) is 0 Å². The second kappa shape index (κ2) is 9.53. The van der Waals surface area contributed by atoms with Crippen molar-refractivity contribution in [2.75, 3.05) is 13.6 Å². The number of fused-ring (bicyclic) bond motifs is 1. The topological polar surface area (TPSA) is 116 Å².